The van der Waals surface area contributed by atoms with Crippen LogP contribution in [0.1, 0.15) is 89.0 Å². The van der Waals surface area contributed by atoms with E-state index >= 15 is 0 Å². The Kier molecular flexibility index (Phi) is 6.14. The Morgan fingerprint density at radius 3 is 2.32 bits per heavy atom. The van der Waals surface area contributed by atoms with Crippen LogP contribution in [0.15, 0.2) is 18.2 Å². The van der Waals surface area contributed by atoms with Crippen LogP contribution in [-0.2, 0) is 11.8 Å². The number of nitrogens with two attached hydrogens (primary N) is 1. The van der Waals surface area contributed by atoms with Gasteiger partial charge in [0, 0.05) is 24.3 Å². The Morgan fingerprint density at radius 1 is 1.18 bits per heavy atom. The van der Waals surface area contributed by atoms with Gasteiger partial charge in [-0.05, 0) is 75.8 Å². The molecule has 7 nitrogen and oxygen atoms in total. The van der Waals surface area contributed by atoms with Crippen LogP contribution >= 0.6 is 0 Å². The maximum atomic E-state index is 14.0. The molecule has 2 aliphatic carbocycles. The minimum Gasteiger partial charge on any atom is -0.393 e. The third-order valence-corrected chi connectivity index (χ3v) is 7.57. The Bertz CT molecular complexity index is 1170. The summed E-state index contributed by atoms with van der Waals surface area (Å²) in [5.41, 5.74) is 7.25. The first-order valence-corrected chi connectivity index (χ1v) is 11.8. The van der Waals surface area contributed by atoms with Gasteiger partial charge in [-0.15, -0.1) is 0 Å². The summed E-state index contributed by atoms with van der Waals surface area (Å²) >= 11 is 0. The van der Waals surface area contributed by atoms with E-state index in [0.717, 1.165) is 25.7 Å². The molecule has 2 saturated carbocycles. The summed E-state index contributed by atoms with van der Waals surface area (Å²) in [6.07, 6.45) is 3.89. The van der Waals surface area contributed by atoms with Crippen molar-refractivity contribution in [2.45, 2.75) is 76.9 Å². The van der Waals surface area contributed by atoms with E-state index in [-0.39, 0.29) is 11.6 Å². The topological polar surface area (TPSA) is 106 Å². The monoisotopic (exact) mass is 469 g/mol. The normalized spacial score (nSPS) is 22.5. The van der Waals surface area contributed by atoms with Gasteiger partial charge in [-0.25, -0.2) is 4.39 Å². The highest BCUT2D eigenvalue weighted by molar-refractivity contribution is 6.47. The third-order valence-electron chi connectivity index (χ3n) is 7.57. The molecule has 1 aromatic carbocycles. The summed E-state index contributed by atoms with van der Waals surface area (Å²) in [4.78, 5) is 41.2. The molecular formula is C26H32FN3O4. The zero-order chi connectivity index (χ0) is 24.9. The zero-order valence-electron chi connectivity index (χ0n) is 20.2. The van der Waals surface area contributed by atoms with Crippen LogP contribution in [-0.4, -0.2) is 38.9 Å². The van der Waals surface area contributed by atoms with Crippen molar-refractivity contribution in [3.8, 4) is 0 Å². The van der Waals surface area contributed by atoms with Crippen molar-refractivity contribution in [1.29, 1.82) is 0 Å². The van der Waals surface area contributed by atoms with Gasteiger partial charge >= 0.3 is 5.91 Å². The van der Waals surface area contributed by atoms with Gasteiger partial charge in [-0.1, -0.05) is 12.8 Å². The van der Waals surface area contributed by atoms with Crippen molar-refractivity contribution in [2.75, 3.05) is 4.90 Å². The molecular weight excluding hydrogens is 437 g/mol. The number of ketones is 1. The van der Waals surface area contributed by atoms with Crippen LogP contribution in [0, 0.1) is 19.7 Å². The minimum atomic E-state index is -0.795. The van der Waals surface area contributed by atoms with Crippen LogP contribution in [0.5, 0.6) is 0 Å². The lowest BCUT2D eigenvalue weighted by Gasteiger charge is -2.50. The Morgan fingerprint density at radius 2 is 1.79 bits per heavy atom. The van der Waals surface area contributed by atoms with Crippen LogP contribution in [0.2, 0.25) is 0 Å². The van der Waals surface area contributed by atoms with E-state index in [0.29, 0.717) is 40.9 Å². The number of hydrogen-bond donors (Lipinski definition) is 2. The highest BCUT2D eigenvalue weighted by Crippen LogP contribution is 2.42. The van der Waals surface area contributed by atoms with Gasteiger partial charge in [0.15, 0.2) is 0 Å². The van der Waals surface area contributed by atoms with Crippen LogP contribution < -0.4 is 10.6 Å². The number of benzene rings is 1. The average molecular weight is 470 g/mol. The minimum absolute atomic E-state index is 0.109. The van der Waals surface area contributed by atoms with Gasteiger partial charge < -0.3 is 15.4 Å². The van der Waals surface area contributed by atoms with Gasteiger partial charge in [-0.2, -0.15) is 0 Å². The molecule has 2 aliphatic rings. The fourth-order valence-electron chi connectivity index (χ4n) is 5.94. The average Bonchev–Trinajstić information content (AvgIpc) is 3.35. The van der Waals surface area contributed by atoms with E-state index in [2.05, 4.69) is 0 Å². The van der Waals surface area contributed by atoms with Crippen LogP contribution in [0.3, 0.4) is 0 Å². The van der Waals surface area contributed by atoms with Crippen molar-refractivity contribution < 1.29 is 23.9 Å². The van der Waals surface area contributed by atoms with E-state index in [1.807, 2.05) is 0 Å². The van der Waals surface area contributed by atoms with Crippen molar-refractivity contribution in [1.82, 2.24) is 4.57 Å². The Labute approximate surface area is 198 Å². The fraction of sp³-hybridized carbons (Fsp3) is 0.500. The number of aryl methyl sites for hydroxylation is 1. The van der Waals surface area contributed by atoms with Crippen LogP contribution in [0.4, 0.5) is 10.1 Å². The molecule has 1 aromatic heterocycles. The molecule has 0 saturated heterocycles. The number of aliphatic hydroxyl groups is 1. The second kappa shape index (κ2) is 8.65. The fourth-order valence-corrected chi connectivity index (χ4v) is 5.94. The highest BCUT2D eigenvalue weighted by atomic mass is 19.1. The van der Waals surface area contributed by atoms with E-state index in [1.165, 1.54) is 23.1 Å². The maximum Gasteiger partial charge on any atom is 0.301 e. The first-order valence-electron chi connectivity index (χ1n) is 11.8. The summed E-state index contributed by atoms with van der Waals surface area (Å²) in [5.74, 6) is -2.44. The maximum absolute atomic E-state index is 14.0. The molecule has 8 heteroatoms. The molecule has 2 amide bonds. The largest absolute Gasteiger partial charge is 0.393 e. The molecule has 2 fully saturated rings. The number of primary amides is 1. The summed E-state index contributed by atoms with van der Waals surface area (Å²) < 4.78 is 15.6. The summed E-state index contributed by atoms with van der Waals surface area (Å²) in [6, 6.07) is 4.28. The van der Waals surface area contributed by atoms with Crippen molar-refractivity contribution in [2.24, 2.45) is 12.8 Å². The molecule has 0 spiro atoms. The number of carbonyl (C=O) groups is 3. The molecule has 0 unspecified atom stereocenters. The van der Waals surface area contributed by atoms with Gasteiger partial charge in [0.25, 0.3) is 11.7 Å². The predicted molar refractivity (Wildman–Crippen MR) is 126 cm³/mol. The molecule has 34 heavy (non-hydrogen) atoms. The summed E-state index contributed by atoms with van der Waals surface area (Å²) in [6.45, 7) is 5.05. The molecule has 0 bridgehead atoms. The van der Waals surface area contributed by atoms with Gasteiger partial charge in [0.1, 0.15) is 5.82 Å². The number of hydrogen-bond acceptors (Lipinski definition) is 4. The number of halogens is 1. The molecule has 3 N–H and O–H groups in total. The highest BCUT2D eigenvalue weighted by Gasteiger charge is 2.49. The second-order valence-electron chi connectivity index (χ2n) is 10.1. The smallest absolute Gasteiger partial charge is 0.301 e. The second-order valence-corrected chi connectivity index (χ2v) is 10.1. The van der Waals surface area contributed by atoms with Gasteiger partial charge in [-0.3, -0.25) is 19.3 Å². The van der Waals surface area contributed by atoms with E-state index in [1.54, 1.807) is 32.4 Å². The molecule has 2 aromatic rings. The van der Waals surface area contributed by atoms with E-state index in [9.17, 15) is 23.9 Å². The lowest BCUT2D eigenvalue weighted by atomic mass is 9.74. The number of carbonyl (C=O) groups excluding carboxylic acids is 3. The predicted octanol–water partition coefficient (Wildman–Crippen LogP) is 3.67. The molecule has 0 aliphatic heterocycles. The molecule has 182 valence electrons. The number of anilines is 1. The lowest BCUT2D eigenvalue weighted by molar-refractivity contribution is -0.117. The van der Waals surface area contributed by atoms with Crippen LogP contribution in [0.25, 0.3) is 0 Å². The number of nitrogens with zero attached hydrogens (tertiary/aromatic N) is 2. The number of amides is 2. The number of Topliss-reactive ketones (excluding diaryl/α,β-unsaturated/α-hetero) is 1. The first-order chi connectivity index (χ1) is 16.0. The molecule has 0 atom stereocenters. The lowest BCUT2D eigenvalue weighted by Crippen LogP contribution is -2.61. The standard InChI is InChI=1S/C26H32FN3O4/c1-14-11-17(9-10-19(14)27)30(26(3)12-18(31)13-26)25(34)23(32)21-15(2)20(24(28)33)22(29(21)4)16-7-5-6-8-16/h9-11,16,18,31H,5-8,12-13H2,1-4H3,(H2,28,33). The van der Waals surface area contributed by atoms with Crippen molar-refractivity contribution >= 4 is 23.3 Å². The quantitative estimate of drug-likeness (QED) is 0.497. The Balaban J connectivity index is 1.80. The number of aliphatic hydroxyl groups excluding tert-OH is 1. The molecule has 1 heterocycles. The van der Waals surface area contributed by atoms with E-state index in [4.69, 9.17) is 5.73 Å². The summed E-state index contributed by atoms with van der Waals surface area (Å²) in [5, 5.41) is 9.99. The Hall–Kier alpha value is -3.00. The van der Waals surface area contributed by atoms with E-state index < -0.39 is 35.1 Å². The van der Waals surface area contributed by atoms with Crippen molar-refractivity contribution in [3.05, 3.63) is 52.1 Å². The number of aromatic nitrogens is 1. The van der Waals surface area contributed by atoms with Gasteiger partial charge in [0.2, 0.25) is 0 Å². The first kappa shape index (κ1) is 24.1. The van der Waals surface area contributed by atoms with Crippen molar-refractivity contribution in [3.63, 3.8) is 0 Å². The SMILES string of the molecule is Cc1cc(N(C(=O)C(=O)c2c(C)c(C(N)=O)c(C3CCCC3)n2C)C2(C)CC(O)C2)ccc1F. The van der Waals surface area contributed by atoms with Gasteiger partial charge in [0.05, 0.1) is 22.9 Å². The summed E-state index contributed by atoms with van der Waals surface area (Å²) in [7, 11) is 1.70. The molecule has 0 radical (unpaired) electrons. The number of rotatable bonds is 6. The third kappa shape index (κ3) is 3.83. The molecule has 4 rings (SSSR count). The zero-order valence-corrected chi connectivity index (χ0v) is 20.2.